The molecule has 5 heterocycles. The Labute approximate surface area is 429 Å². The van der Waals surface area contributed by atoms with Crippen LogP contribution in [0, 0.1) is 78.1 Å². The Kier molecular flexibility index (Phi) is 14.0. The van der Waals surface area contributed by atoms with Gasteiger partial charge in [-0.2, -0.15) is 30.1 Å². The van der Waals surface area contributed by atoms with Crippen LogP contribution in [-0.2, 0) is 5.41 Å². The van der Waals surface area contributed by atoms with Crippen molar-refractivity contribution in [3.05, 3.63) is 122 Å². The number of aryl methyl sites for hydroxylation is 8. The number of benzene rings is 3. The molecule has 0 unspecified atom stereocenters. The second-order valence-electron chi connectivity index (χ2n) is 19.2. The largest absolute Gasteiger partial charge is 0.370 e. The molecule has 20 heteroatoms. The van der Waals surface area contributed by atoms with Crippen molar-refractivity contribution in [2.75, 3.05) is 48.6 Å². The molecule has 0 radical (unpaired) electrons. The van der Waals surface area contributed by atoms with E-state index in [4.69, 9.17) is 30.4 Å². The van der Waals surface area contributed by atoms with Gasteiger partial charge in [0.05, 0.1) is 11.4 Å². The zero-order valence-corrected chi connectivity index (χ0v) is 44.6. The van der Waals surface area contributed by atoms with E-state index in [0.29, 0.717) is 51.6 Å². The highest BCUT2D eigenvalue weighted by Crippen LogP contribution is 2.42. The molecule has 370 valence electrons. The predicted molar refractivity (Wildman–Crippen MR) is 288 cm³/mol. The van der Waals surface area contributed by atoms with Crippen LogP contribution in [0.1, 0.15) is 82.2 Å². The maximum atomic E-state index is 10.9. The van der Waals surface area contributed by atoms with Crippen LogP contribution in [0.15, 0.2) is 81.1 Å². The van der Waals surface area contributed by atoms with Crippen LogP contribution in [0.4, 0.5) is 57.8 Å². The predicted octanol–water partition coefficient (Wildman–Crippen LogP) is 12.7. The minimum absolute atomic E-state index is 0.0829. The summed E-state index contributed by atoms with van der Waals surface area (Å²) >= 11 is 1.10. The van der Waals surface area contributed by atoms with Crippen molar-refractivity contribution in [3.8, 4) is 33.7 Å². The van der Waals surface area contributed by atoms with Gasteiger partial charge in [0, 0.05) is 50.5 Å². The topological polar surface area (TPSA) is 228 Å². The monoisotopic (exact) mass is 991 g/mol. The zero-order valence-electron chi connectivity index (χ0n) is 43.8. The third-order valence-electron chi connectivity index (χ3n) is 12.0. The molecule has 0 aliphatic heterocycles. The Bertz CT molecular complexity index is 3530. The fourth-order valence-electron chi connectivity index (χ4n) is 8.88. The Morgan fingerprint density at radius 3 is 1.81 bits per heavy atom. The molecule has 0 atom stereocenters. The number of pyridine rings is 1. The fourth-order valence-corrected chi connectivity index (χ4v) is 9.63. The molecule has 5 aromatic heterocycles. The summed E-state index contributed by atoms with van der Waals surface area (Å²) in [5, 5.41) is 66.6. The fraction of sp³-hybridized carbons (Fsp3) is 0.302. The molecule has 0 amide bonds. The first kappa shape index (κ1) is 50.6. The number of nitrogens with zero attached hydrogens (tertiary/aromatic N) is 17. The maximum Gasteiger partial charge on any atom is 0.236 e. The van der Waals surface area contributed by atoms with Gasteiger partial charge in [0.15, 0.2) is 29.1 Å². The smallest absolute Gasteiger partial charge is 0.236 e. The van der Waals surface area contributed by atoms with E-state index in [1.807, 2.05) is 97.1 Å². The summed E-state index contributed by atoms with van der Waals surface area (Å²) in [4.78, 5) is 18.5. The molecule has 8 aromatic rings. The second-order valence-corrected chi connectivity index (χ2v) is 20.1. The van der Waals surface area contributed by atoms with E-state index >= 15 is 0 Å². The molecule has 19 nitrogen and oxygen atoms in total. The van der Waals surface area contributed by atoms with Gasteiger partial charge >= 0.3 is 0 Å². The molecule has 73 heavy (non-hydrogen) atoms. The minimum atomic E-state index is -0.600. The van der Waals surface area contributed by atoms with E-state index in [2.05, 4.69) is 119 Å². The summed E-state index contributed by atoms with van der Waals surface area (Å²) in [6.45, 7) is 22.2. The van der Waals surface area contributed by atoms with Gasteiger partial charge in [0.2, 0.25) is 16.1 Å². The van der Waals surface area contributed by atoms with Gasteiger partial charge in [-0.1, -0.05) is 97.8 Å². The van der Waals surface area contributed by atoms with E-state index in [9.17, 15) is 10.5 Å². The third kappa shape index (κ3) is 9.97. The molecule has 0 fully saturated rings. The lowest BCUT2D eigenvalue weighted by molar-refractivity contribution is 0.558. The van der Waals surface area contributed by atoms with Crippen LogP contribution >= 0.6 is 11.3 Å². The number of hydrogen-bond donors (Lipinski definition) is 2. The summed E-state index contributed by atoms with van der Waals surface area (Å²) in [6.07, 6.45) is 0. The standard InChI is InChI=1S/C53H57N19S/c1-28-21-30(3)40(31(4)22-28)59-45-41(32(5)25-39(58-45)70(15)43-33(6)23-29(2)24-34(43)7)61-63-50-38(27-55)44(53(9,10)11)68-72(50)52-66-65-51(73-52)71-49(37(26-54)42(67-71)36-19-17-16-18-20-36)64-62-47-46(56-12)60-48(69(13)14)35(8)57-47/h16-25H,1-15H3,(H,56,60)(H,58,59). The maximum absolute atomic E-state index is 10.9. The number of hydrogen-bond acceptors (Lipinski definition) is 18. The summed E-state index contributed by atoms with van der Waals surface area (Å²) in [7, 11) is 7.49. The van der Waals surface area contributed by atoms with Crippen molar-refractivity contribution in [1.29, 1.82) is 10.5 Å². The van der Waals surface area contributed by atoms with E-state index in [1.54, 1.807) is 7.05 Å². The highest BCUT2D eigenvalue weighted by molar-refractivity contribution is 7.16. The molecule has 3 aromatic carbocycles. The summed E-state index contributed by atoms with van der Waals surface area (Å²) in [6, 6.07) is 24.5. The Hall–Kier alpha value is -8.75. The number of nitrogens with one attached hydrogen (secondary N) is 2. The Morgan fingerprint density at radius 1 is 0.658 bits per heavy atom. The quantitative estimate of drug-likeness (QED) is 0.103. The van der Waals surface area contributed by atoms with Crippen LogP contribution in [0.2, 0.25) is 0 Å². The van der Waals surface area contributed by atoms with Crippen LogP contribution in [0.5, 0.6) is 0 Å². The van der Waals surface area contributed by atoms with Crippen molar-refractivity contribution in [3.63, 3.8) is 0 Å². The molecule has 8 rings (SSSR count). The third-order valence-corrected chi connectivity index (χ3v) is 12.9. The van der Waals surface area contributed by atoms with E-state index in [1.165, 1.54) is 14.9 Å². The normalized spacial score (nSPS) is 11.6. The van der Waals surface area contributed by atoms with Crippen LogP contribution in [0.25, 0.3) is 21.5 Å². The first-order valence-corrected chi connectivity index (χ1v) is 24.3. The molecule has 0 aliphatic rings. The molecule has 0 saturated heterocycles. The lowest BCUT2D eigenvalue weighted by Crippen LogP contribution is -2.15. The molecular formula is C53H57N19S. The lowest BCUT2D eigenvalue weighted by atomic mass is 9.90. The van der Waals surface area contributed by atoms with Gasteiger partial charge in [-0.25, -0.2) is 15.0 Å². The molecule has 0 bridgehead atoms. The van der Waals surface area contributed by atoms with E-state index in [-0.39, 0.29) is 38.8 Å². The minimum Gasteiger partial charge on any atom is -0.370 e. The molecule has 0 aliphatic carbocycles. The van der Waals surface area contributed by atoms with Crippen molar-refractivity contribution >= 4 is 69.1 Å². The first-order chi connectivity index (χ1) is 34.7. The molecular weight excluding hydrogens is 935 g/mol. The average Bonchev–Trinajstić information content (AvgIpc) is 4.07. The van der Waals surface area contributed by atoms with E-state index < -0.39 is 5.41 Å². The number of rotatable bonds is 13. The van der Waals surface area contributed by atoms with Gasteiger partial charge < -0.3 is 20.4 Å². The first-order valence-electron chi connectivity index (χ1n) is 23.4. The van der Waals surface area contributed by atoms with E-state index in [0.717, 1.165) is 56.1 Å². The highest BCUT2D eigenvalue weighted by Gasteiger charge is 2.31. The van der Waals surface area contributed by atoms with Crippen LogP contribution < -0.4 is 20.4 Å². The van der Waals surface area contributed by atoms with Crippen molar-refractivity contribution in [1.82, 2.24) is 44.7 Å². The molecule has 0 spiro atoms. The highest BCUT2D eigenvalue weighted by atomic mass is 32.1. The number of nitriles is 2. The second kappa shape index (κ2) is 20.2. The van der Waals surface area contributed by atoms with Crippen molar-refractivity contribution < 1.29 is 0 Å². The van der Waals surface area contributed by atoms with Gasteiger partial charge in [-0.15, -0.1) is 30.7 Å². The number of azo groups is 2. The van der Waals surface area contributed by atoms with Gasteiger partial charge in [0.1, 0.15) is 40.5 Å². The lowest BCUT2D eigenvalue weighted by Gasteiger charge is -2.25. The van der Waals surface area contributed by atoms with Gasteiger partial charge in [0.25, 0.3) is 0 Å². The molecule has 2 N–H and O–H groups in total. The van der Waals surface area contributed by atoms with Crippen molar-refractivity contribution in [2.24, 2.45) is 20.5 Å². The molecule has 0 saturated carbocycles. The Morgan fingerprint density at radius 2 is 1.23 bits per heavy atom. The number of aromatic nitrogens is 9. The van der Waals surface area contributed by atoms with Gasteiger partial charge in [-0.05, 0) is 89.3 Å². The average molecular weight is 992 g/mol. The van der Waals surface area contributed by atoms with Crippen LogP contribution in [0.3, 0.4) is 0 Å². The van der Waals surface area contributed by atoms with Crippen LogP contribution in [-0.4, -0.2) is 72.9 Å². The SMILES string of the molecule is CNc1nc(N(C)C)c(C)nc1N=Nc1c(C#N)c(-c2ccccc2)nn1-c1nnc(-n2nc(C(C)(C)C)c(C#N)c2N=Nc2c(C)cc(N(C)c3c(C)cc(C)cc3C)nc2Nc2c(C)cc(C)cc2C)s1. The van der Waals surface area contributed by atoms with Crippen molar-refractivity contribution in [2.45, 2.75) is 81.6 Å². The Balaban J connectivity index is 1.28. The summed E-state index contributed by atoms with van der Waals surface area (Å²) < 4.78 is 2.89. The zero-order chi connectivity index (χ0) is 52.6. The number of anilines is 6. The van der Waals surface area contributed by atoms with Gasteiger partial charge in [-0.3, -0.25) is 0 Å². The summed E-state index contributed by atoms with van der Waals surface area (Å²) in [5.41, 5.74) is 11.8. The summed E-state index contributed by atoms with van der Waals surface area (Å²) in [5.74, 6) is 2.65.